The maximum absolute atomic E-state index is 14.5. The average molecular weight is 717 g/mol. The van der Waals surface area contributed by atoms with Gasteiger partial charge in [0.2, 0.25) is 0 Å². The molecule has 2 amide bonds. The second kappa shape index (κ2) is 13.0. The summed E-state index contributed by atoms with van der Waals surface area (Å²) in [6, 6.07) is 15.2. The summed E-state index contributed by atoms with van der Waals surface area (Å²) in [7, 11) is -4.62. The lowest BCUT2D eigenvalue weighted by Crippen LogP contribution is -2.56. The van der Waals surface area contributed by atoms with E-state index in [0.717, 1.165) is 47.4 Å². The lowest BCUT2D eigenvalue weighted by atomic mass is 9.88. The minimum Gasteiger partial charge on any atom is -0.349 e. The van der Waals surface area contributed by atoms with Crippen LogP contribution in [0.5, 0.6) is 0 Å². The molecule has 260 valence electrons. The van der Waals surface area contributed by atoms with E-state index in [1.807, 2.05) is 0 Å². The maximum Gasteiger partial charge on any atom is 0.430 e. The van der Waals surface area contributed by atoms with Gasteiger partial charge in [-0.3, -0.25) is 0 Å². The number of urea groups is 1. The normalized spacial score (nSPS) is 17.3. The molecule has 0 spiro atoms. The van der Waals surface area contributed by atoms with Gasteiger partial charge in [-0.1, -0.05) is 48.5 Å². The Labute approximate surface area is 274 Å². The number of hydrogen-bond acceptors (Lipinski definition) is 4. The fourth-order valence-corrected chi connectivity index (χ4v) is 7.80. The Hall–Kier alpha value is -4.57. The maximum atomic E-state index is 14.5. The number of anilines is 1. The van der Waals surface area contributed by atoms with E-state index in [9.17, 15) is 52.7 Å². The second-order valence-electron chi connectivity index (χ2n) is 11.2. The molecule has 16 heteroatoms. The van der Waals surface area contributed by atoms with Crippen LogP contribution in [0.2, 0.25) is 0 Å². The Bertz CT molecular complexity index is 1880. The molecule has 6 nitrogen and oxygen atoms in total. The lowest BCUT2D eigenvalue weighted by molar-refractivity contribution is -0.392. The van der Waals surface area contributed by atoms with E-state index in [-0.39, 0.29) is 18.5 Å². The topological polar surface area (TPSA) is 75.7 Å². The molecule has 0 bridgehead atoms. The summed E-state index contributed by atoms with van der Waals surface area (Å²) in [6.45, 7) is -2.56. The summed E-state index contributed by atoms with van der Waals surface area (Å²) < 4.78 is 160. The average Bonchev–Trinajstić information content (AvgIpc) is 3.50. The van der Waals surface area contributed by atoms with Gasteiger partial charge in [0.25, 0.3) is 5.60 Å². The van der Waals surface area contributed by atoms with Gasteiger partial charge < -0.3 is 15.0 Å². The second-order valence-corrected chi connectivity index (χ2v) is 13.4. The van der Waals surface area contributed by atoms with Gasteiger partial charge in [0.1, 0.15) is 22.2 Å². The number of carbonyl (C=O) groups is 1. The third-order valence-corrected chi connectivity index (χ3v) is 10.8. The first-order valence-electron chi connectivity index (χ1n) is 14.4. The molecule has 5 rings (SSSR count). The van der Waals surface area contributed by atoms with Crippen molar-refractivity contribution in [3.63, 3.8) is 0 Å². The van der Waals surface area contributed by atoms with Crippen LogP contribution >= 0.6 is 0 Å². The number of ether oxygens (including phenoxy) is 1. The van der Waals surface area contributed by atoms with Crippen LogP contribution in [0, 0.1) is 17.5 Å². The minimum atomic E-state index is -6.23. The van der Waals surface area contributed by atoms with E-state index in [0.29, 0.717) is 30.0 Å². The van der Waals surface area contributed by atoms with Crippen LogP contribution in [0.25, 0.3) is 0 Å². The van der Waals surface area contributed by atoms with E-state index in [2.05, 4.69) is 10.1 Å². The van der Waals surface area contributed by atoms with Crippen molar-refractivity contribution in [3.05, 3.63) is 131 Å². The number of nitrogens with one attached hydrogen (secondary N) is 1. The van der Waals surface area contributed by atoms with Crippen molar-refractivity contribution in [2.45, 2.75) is 40.6 Å². The van der Waals surface area contributed by atoms with E-state index >= 15 is 0 Å². The van der Waals surface area contributed by atoms with E-state index in [1.54, 1.807) is 30.3 Å². The Morgan fingerprint density at radius 2 is 1.35 bits per heavy atom. The minimum absolute atomic E-state index is 0.201. The Balaban J connectivity index is 1.59. The number of amides is 2. The van der Waals surface area contributed by atoms with Crippen molar-refractivity contribution in [2.75, 3.05) is 18.4 Å². The van der Waals surface area contributed by atoms with Crippen molar-refractivity contribution < 1.29 is 57.5 Å². The highest BCUT2D eigenvalue weighted by Crippen LogP contribution is 2.54. The van der Waals surface area contributed by atoms with Crippen molar-refractivity contribution in [2.24, 2.45) is 0 Å². The Morgan fingerprint density at radius 1 is 0.776 bits per heavy atom. The number of sulfone groups is 1. The highest BCUT2D eigenvalue weighted by molar-refractivity contribution is 7.92. The van der Waals surface area contributed by atoms with Crippen LogP contribution < -0.4 is 5.32 Å². The van der Waals surface area contributed by atoms with E-state index < -0.39 is 85.2 Å². The third kappa shape index (κ3) is 6.46. The molecule has 0 aromatic heterocycles. The molecule has 1 aliphatic heterocycles. The van der Waals surface area contributed by atoms with Gasteiger partial charge in [-0.05, 0) is 60.5 Å². The smallest absolute Gasteiger partial charge is 0.349 e. The van der Waals surface area contributed by atoms with Gasteiger partial charge in [-0.2, -0.15) is 26.3 Å². The van der Waals surface area contributed by atoms with Gasteiger partial charge in [0.05, 0.1) is 11.5 Å². The largest absolute Gasteiger partial charge is 0.430 e. The SMILES string of the molecule is O=C(Nc1ccccc1)N1CCC(c2ccc(C(OCc3c(F)cccc3F)(C(F)(F)F)C(F)(F)F)cc2)(S(=O)(=O)c2ccc(F)cc2)C1. The molecule has 0 saturated carbocycles. The zero-order valence-electron chi connectivity index (χ0n) is 25.0. The molecule has 1 unspecified atom stereocenters. The number of para-hydroxylation sites is 1. The third-order valence-electron chi connectivity index (χ3n) is 8.29. The van der Waals surface area contributed by atoms with Gasteiger partial charge in [-0.15, -0.1) is 0 Å². The van der Waals surface area contributed by atoms with Gasteiger partial charge in [0, 0.05) is 29.9 Å². The van der Waals surface area contributed by atoms with Gasteiger partial charge >= 0.3 is 18.4 Å². The molecular formula is C33H25F9N2O4S. The molecular weight excluding hydrogens is 691 g/mol. The fraction of sp³-hybridized carbons (Fsp3) is 0.242. The number of likely N-dealkylation sites (tertiary alicyclic amines) is 1. The predicted molar refractivity (Wildman–Crippen MR) is 158 cm³/mol. The molecule has 0 aliphatic carbocycles. The van der Waals surface area contributed by atoms with Crippen LogP contribution in [-0.4, -0.2) is 44.8 Å². The van der Waals surface area contributed by atoms with Gasteiger partial charge in [-0.25, -0.2) is 26.4 Å². The fourth-order valence-electron chi connectivity index (χ4n) is 5.72. The molecule has 1 fully saturated rings. The number of hydrogen-bond donors (Lipinski definition) is 1. The Kier molecular flexibility index (Phi) is 9.51. The zero-order valence-corrected chi connectivity index (χ0v) is 25.8. The lowest BCUT2D eigenvalue weighted by Gasteiger charge is -2.38. The molecule has 1 aliphatic rings. The van der Waals surface area contributed by atoms with Crippen molar-refractivity contribution in [1.82, 2.24) is 4.90 Å². The van der Waals surface area contributed by atoms with E-state index in [4.69, 9.17) is 0 Å². The first kappa shape index (κ1) is 35.7. The van der Waals surface area contributed by atoms with Gasteiger partial charge in [0.15, 0.2) is 9.84 Å². The number of halogens is 9. The summed E-state index contributed by atoms with van der Waals surface area (Å²) in [6.07, 6.45) is -12.8. The van der Waals surface area contributed by atoms with Crippen molar-refractivity contribution in [3.8, 4) is 0 Å². The Morgan fingerprint density at radius 3 is 1.90 bits per heavy atom. The van der Waals surface area contributed by atoms with Crippen LogP contribution in [0.15, 0.2) is 102 Å². The van der Waals surface area contributed by atoms with E-state index in [1.165, 1.54) is 0 Å². The summed E-state index contributed by atoms with van der Waals surface area (Å²) in [5.41, 5.74) is -7.76. The molecule has 1 heterocycles. The number of rotatable bonds is 8. The molecule has 0 radical (unpaired) electrons. The first-order chi connectivity index (χ1) is 22.9. The monoisotopic (exact) mass is 716 g/mol. The molecule has 1 saturated heterocycles. The number of nitrogens with zero attached hydrogens (tertiary/aromatic N) is 1. The standard InChI is InChI=1S/C33H25F9N2O4S/c34-23-13-15-25(16-14-23)49(46,47)30(17-18-44(20-30)29(45)43-24-5-2-1-3-6-24)21-9-11-22(12-10-21)31(32(37,38)39,33(40,41)42)48-19-26-27(35)7-4-8-28(26)36/h1-16H,17-20H2,(H,43,45). The zero-order chi connectivity index (χ0) is 35.8. The number of carbonyl (C=O) groups excluding carboxylic acids is 1. The molecule has 4 aromatic rings. The first-order valence-corrected chi connectivity index (χ1v) is 15.8. The highest BCUT2D eigenvalue weighted by Gasteiger charge is 2.73. The summed E-state index contributed by atoms with van der Waals surface area (Å²) in [5, 5.41) is 2.59. The van der Waals surface area contributed by atoms with Crippen molar-refractivity contribution in [1.29, 1.82) is 0 Å². The molecule has 4 aromatic carbocycles. The summed E-state index contributed by atoms with van der Waals surface area (Å²) >= 11 is 0. The number of benzene rings is 4. The van der Waals surface area contributed by atoms with Crippen LogP contribution in [0.1, 0.15) is 23.1 Å². The molecule has 49 heavy (non-hydrogen) atoms. The molecule has 1 N–H and O–H groups in total. The predicted octanol–water partition coefficient (Wildman–Crippen LogP) is 8.25. The number of alkyl halides is 6. The summed E-state index contributed by atoms with van der Waals surface area (Å²) in [5.74, 6) is -3.66. The van der Waals surface area contributed by atoms with Crippen LogP contribution in [-0.2, 0) is 31.5 Å². The van der Waals surface area contributed by atoms with Crippen molar-refractivity contribution >= 4 is 21.6 Å². The van der Waals surface area contributed by atoms with Crippen LogP contribution in [0.4, 0.5) is 50.0 Å². The molecule has 1 atom stereocenters. The van der Waals surface area contributed by atoms with Crippen LogP contribution in [0.3, 0.4) is 0 Å². The quantitative estimate of drug-likeness (QED) is 0.147. The summed E-state index contributed by atoms with van der Waals surface area (Å²) in [4.78, 5) is 13.8. The highest BCUT2D eigenvalue weighted by atomic mass is 32.2.